The monoisotopic (exact) mass is 400 g/mol. The third-order valence-electron chi connectivity index (χ3n) is 5.37. The maximum Gasteiger partial charge on any atom is 0.263 e. The van der Waals surface area contributed by atoms with Crippen LogP contribution in [0.3, 0.4) is 0 Å². The predicted molar refractivity (Wildman–Crippen MR) is 109 cm³/mol. The van der Waals surface area contributed by atoms with Gasteiger partial charge in [-0.1, -0.05) is 30.3 Å². The summed E-state index contributed by atoms with van der Waals surface area (Å²) in [6.45, 7) is 0.282. The summed E-state index contributed by atoms with van der Waals surface area (Å²) >= 11 is 0. The molecule has 0 radical (unpaired) electrons. The van der Waals surface area contributed by atoms with Gasteiger partial charge < -0.3 is 0 Å². The van der Waals surface area contributed by atoms with Crippen LogP contribution in [0.4, 0.5) is 4.39 Å². The third-order valence-corrected chi connectivity index (χ3v) is 5.37. The molecule has 30 heavy (non-hydrogen) atoms. The molecule has 0 N–H and O–H groups in total. The highest BCUT2D eigenvalue weighted by Gasteiger charge is 2.39. The number of hydrogen-bond acceptors (Lipinski definition) is 4. The van der Waals surface area contributed by atoms with Crippen LogP contribution in [-0.4, -0.2) is 38.0 Å². The normalized spacial score (nSPS) is 13.3. The summed E-state index contributed by atoms with van der Waals surface area (Å²) in [5.41, 5.74) is 3.29. The van der Waals surface area contributed by atoms with Gasteiger partial charge in [0.25, 0.3) is 11.8 Å². The van der Waals surface area contributed by atoms with Gasteiger partial charge in [0, 0.05) is 25.4 Å². The van der Waals surface area contributed by atoms with Crippen molar-refractivity contribution in [2.24, 2.45) is 7.05 Å². The van der Waals surface area contributed by atoms with Crippen molar-refractivity contribution in [2.75, 3.05) is 6.54 Å². The fourth-order valence-electron chi connectivity index (χ4n) is 3.87. The summed E-state index contributed by atoms with van der Waals surface area (Å²) in [5.74, 6) is -1.07. The van der Waals surface area contributed by atoms with Crippen molar-refractivity contribution in [1.82, 2.24) is 19.7 Å². The van der Waals surface area contributed by atoms with Crippen LogP contribution in [0.2, 0.25) is 0 Å². The van der Waals surface area contributed by atoms with Crippen molar-refractivity contribution in [3.05, 3.63) is 83.3 Å². The van der Waals surface area contributed by atoms with Crippen molar-refractivity contribution < 1.29 is 14.0 Å². The molecule has 6 nitrogen and oxygen atoms in total. The number of aryl methyl sites for hydroxylation is 1. The van der Waals surface area contributed by atoms with Crippen molar-refractivity contribution in [1.29, 1.82) is 0 Å². The van der Waals surface area contributed by atoms with Gasteiger partial charge in [0.05, 0.1) is 16.5 Å². The number of hydrogen-bond donors (Lipinski definition) is 0. The number of carbonyl (C=O) groups is 2. The standard InChI is InChI=1S/C23H17FN4O2/c1-27-21-19(20(26-27)15-7-9-16(24)10-8-15)18-17(13-25-21)22(29)28(23(18)30)12-11-14-5-3-2-4-6-14/h2-10,13H,11-12H2,1H3. The molecular formula is C23H17FN4O2. The van der Waals surface area contributed by atoms with Gasteiger partial charge in [0.1, 0.15) is 11.5 Å². The van der Waals surface area contributed by atoms with E-state index in [1.54, 1.807) is 23.9 Å². The van der Waals surface area contributed by atoms with E-state index >= 15 is 0 Å². The fourth-order valence-corrected chi connectivity index (χ4v) is 3.87. The van der Waals surface area contributed by atoms with Gasteiger partial charge in [-0.25, -0.2) is 14.1 Å². The number of fused-ring (bicyclic) bond motifs is 3. The number of pyridine rings is 1. The molecular weight excluding hydrogens is 383 g/mol. The minimum absolute atomic E-state index is 0.275. The highest BCUT2D eigenvalue weighted by atomic mass is 19.1. The Morgan fingerprint density at radius 3 is 2.43 bits per heavy atom. The summed E-state index contributed by atoms with van der Waals surface area (Å²) < 4.78 is 15.0. The number of carbonyl (C=O) groups excluding carboxylic acids is 2. The molecule has 2 aromatic carbocycles. The first-order valence-corrected chi connectivity index (χ1v) is 9.56. The van der Waals surface area contributed by atoms with Crippen LogP contribution >= 0.6 is 0 Å². The van der Waals surface area contributed by atoms with Gasteiger partial charge >= 0.3 is 0 Å². The molecule has 0 spiro atoms. The lowest BCUT2D eigenvalue weighted by Gasteiger charge is -2.13. The lowest BCUT2D eigenvalue weighted by Crippen LogP contribution is -2.31. The van der Waals surface area contributed by atoms with E-state index in [1.165, 1.54) is 23.2 Å². The van der Waals surface area contributed by atoms with Gasteiger partial charge in [-0.05, 0) is 36.2 Å². The van der Waals surface area contributed by atoms with Gasteiger partial charge in [-0.2, -0.15) is 5.10 Å². The Morgan fingerprint density at radius 1 is 0.967 bits per heavy atom. The van der Waals surface area contributed by atoms with Crippen molar-refractivity contribution in [3.63, 3.8) is 0 Å². The summed E-state index contributed by atoms with van der Waals surface area (Å²) in [5, 5.41) is 5.01. The van der Waals surface area contributed by atoms with E-state index in [-0.39, 0.29) is 29.7 Å². The molecule has 5 rings (SSSR count). The number of rotatable bonds is 4. The van der Waals surface area contributed by atoms with E-state index in [9.17, 15) is 14.0 Å². The van der Waals surface area contributed by atoms with Crippen LogP contribution in [0.1, 0.15) is 26.3 Å². The van der Waals surface area contributed by atoms with Gasteiger partial charge in [0.2, 0.25) is 0 Å². The molecule has 4 aromatic rings. The summed E-state index contributed by atoms with van der Waals surface area (Å²) in [4.78, 5) is 31.9. The van der Waals surface area contributed by atoms with Crippen molar-refractivity contribution in [2.45, 2.75) is 6.42 Å². The summed E-state index contributed by atoms with van der Waals surface area (Å²) in [6.07, 6.45) is 2.01. The maximum atomic E-state index is 13.4. The first-order valence-electron chi connectivity index (χ1n) is 9.56. The van der Waals surface area contributed by atoms with Crippen LogP contribution in [0.15, 0.2) is 60.8 Å². The number of halogens is 1. The predicted octanol–water partition coefficient (Wildman–Crippen LogP) is 3.61. The first kappa shape index (κ1) is 18.2. The topological polar surface area (TPSA) is 68.1 Å². The van der Waals surface area contributed by atoms with Gasteiger partial charge in [-0.3, -0.25) is 14.5 Å². The van der Waals surface area contributed by atoms with E-state index in [0.29, 0.717) is 34.3 Å². The highest BCUT2D eigenvalue weighted by molar-refractivity contribution is 6.27. The number of aromatic nitrogens is 3. The Bertz CT molecular complexity index is 1300. The first-order chi connectivity index (χ1) is 14.5. The average Bonchev–Trinajstić information content (AvgIpc) is 3.22. The Balaban J connectivity index is 1.59. The SMILES string of the molecule is Cn1nc(-c2ccc(F)cc2)c2c3c(cnc21)C(=O)N(CCc1ccccc1)C3=O. The molecule has 2 amide bonds. The van der Waals surface area contributed by atoms with Crippen LogP contribution in [0.5, 0.6) is 0 Å². The van der Waals surface area contributed by atoms with Crippen LogP contribution in [-0.2, 0) is 13.5 Å². The zero-order valence-corrected chi connectivity index (χ0v) is 16.2. The Morgan fingerprint density at radius 2 is 1.70 bits per heavy atom. The van der Waals surface area contributed by atoms with Crippen molar-refractivity contribution in [3.8, 4) is 11.3 Å². The smallest absolute Gasteiger partial charge is 0.263 e. The molecule has 3 heterocycles. The fraction of sp³-hybridized carbons (Fsp3) is 0.130. The molecule has 2 aromatic heterocycles. The van der Waals surface area contributed by atoms with Crippen LogP contribution in [0.25, 0.3) is 22.3 Å². The molecule has 0 saturated carbocycles. The molecule has 0 bridgehead atoms. The molecule has 1 aliphatic rings. The zero-order valence-electron chi connectivity index (χ0n) is 16.2. The second kappa shape index (κ2) is 6.88. The number of amides is 2. The molecule has 0 fully saturated rings. The van der Waals surface area contributed by atoms with Gasteiger partial charge in [0.15, 0.2) is 5.65 Å². The van der Waals surface area contributed by atoms with Crippen molar-refractivity contribution >= 4 is 22.8 Å². The minimum Gasteiger partial charge on any atom is -0.274 e. The van der Waals surface area contributed by atoms with Crippen LogP contribution < -0.4 is 0 Å². The van der Waals surface area contributed by atoms with E-state index in [2.05, 4.69) is 10.1 Å². The van der Waals surface area contributed by atoms with E-state index < -0.39 is 0 Å². The van der Waals surface area contributed by atoms with E-state index in [0.717, 1.165) is 5.56 Å². The molecule has 7 heteroatoms. The highest BCUT2D eigenvalue weighted by Crippen LogP contribution is 2.35. The average molecular weight is 400 g/mol. The molecule has 0 atom stereocenters. The minimum atomic E-state index is -0.360. The van der Waals surface area contributed by atoms with Gasteiger partial charge in [-0.15, -0.1) is 0 Å². The third kappa shape index (κ3) is 2.78. The second-order valence-corrected chi connectivity index (χ2v) is 7.22. The summed E-state index contributed by atoms with van der Waals surface area (Å²) in [6, 6.07) is 15.6. The Hall–Kier alpha value is -3.87. The number of imide groups is 1. The lowest BCUT2D eigenvalue weighted by molar-refractivity contribution is 0.0656. The number of benzene rings is 2. The summed E-state index contributed by atoms with van der Waals surface area (Å²) in [7, 11) is 1.73. The molecule has 148 valence electrons. The maximum absolute atomic E-state index is 13.4. The molecule has 1 aliphatic heterocycles. The number of nitrogens with zero attached hydrogens (tertiary/aromatic N) is 4. The Labute approximate surface area is 171 Å². The van der Waals surface area contributed by atoms with E-state index in [4.69, 9.17) is 0 Å². The Kier molecular flexibility index (Phi) is 4.17. The second-order valence-electron chi connectivity index (χ2n) is 7.22. The molecule has 0 aliphatic carbocycles. The zero-order chi connectivity index (χ0) is 20.8. The van der Waals surface area contributed by atoms with Crippen LogP contribution in [0, 0.1) is 5.82 Å². The lowest BCUT2D eigenvalue weighted by atomic mass is 10.0. The largest absolute Gasteiger partial charge is 0.274 e. The molecule has 0 unspecified atom stereocenters. The van der Waals surface area contributed by atoms with E-state index in [1.807, 2.05) is 30.3 Å². The quantitative estimate of drug-likeness (QED) is 0.491. The molecule has 0 saturated heterocycles.